The summed E-state index contributed by atoms with van der Waals surface area (Å²) in [6.45, 7) is 1.45. The predicted octanol–water partition coefficient (Wildman–Crippen LogP) is 8.00. The molecule has 0 spiro atoms. The number of alkyl halides is 3. The van der Waals surface area contributed by atoms with Crippen molar-refractivity contribution in [3.63, 3.8) is 0 Å². The fourth-order valence-electron chi connectivity index (χ4n) is 5.34. The fourth-order valence-corrected chi connectivity index (χ4v) is 6.77. The molecule has 0 radical (unpaired) electrons. The zero-order valence-corrected chi connectivity index (χ0v) is 24.2. The van der Waals surface area contributed by atoms with Crippen LogP contribution >= 0.6 is 0 Å². The summed E-state index contributed by atoms with van der Waals surface area (Å²) in [5, 5.41) is 13.3. The van der Waals surface area contributed by atoms with Crippen molar-refractivity contribution < 1.29 is 35.5 Å². The van der Waals surface area contributed by atoms with Gasteiger partial charge in [-0.3, -0.25) is 0 Å². The largest absolute Gasteiger partial charge is 0.508 e. The maximum absolute atomic E-state index is 14.1. The molecule has 0 amide bonds. The summed E-state index contributed by atoms with van der Waals surface area (Å²) in [6, 6.07) is 9.45. The third kappa shape index (κ3) is 11.4. The van der Waals surface area contributed by atoms with Crippen molar-refractivity contribution in [3.05, 3.63) is 64.7 Å². The Labute approximate surface area is 240 Å². The highest BCUT2D eigenvalue weighted by Crippen LogP contribution is 2.40. The lowest BCUT2D eigenvalue weighted by Gasteiger charge is -2.16. The third-order valence-electron chi connectivity index (χ3n) is 7.42. The van der Waals surface area contributed by atoms with Crippen molar-refractivity contribution in [1.82, 2.24) is 5.32 Å². The molecule has 0 aliphatic heterocycles. The molecule has 228 valence electrons. The van der Waals surface area contributed by atoms with E-state index in [-0.39, 0.29) is 17.9 Å². The van der Waals surface area contributed by atoms with Crippen LogP contribution < -0.4 is 5.32 Å². The fraction of sp³-hybridized carbons (Fsp3) is 0.548. The van der Waals surface area contributed by atoms with Crippen LogP contribution in [0.1, 0.15) is 87.3 Å². The summed E-state index contributed by atoms with van der Waals surface area (Å²) >= 11 is 0. The molecule has 10 heteroatoms. The van der Waals surface area contributed by atoms with Gasteiger partial charge < -0.3 is 10.4 Å². The molecule has 2 N–H and O–H groups in total. The minimum atomic E-state index is -4.32. The molecule has 0 saturated heterocycles. The van der Waals surface area contributed by atoms with E-state index in [0.717, 1.165) is 80.2 Å². The Kier molecular flexibility index (Phi) is 12.6. The van der Waals surface area contributed by atoms with Crippen LogP contribution in [-0.2, 0) is 16.3 Å². The first-order valence-corrected chi connectivity index (χ1v) is 16.2. The Morgan fingerprint density at radius 2 is 1.51 bits per heavy atom. The van der Waals surface area contributed by atoms with Crippen molar-refractivity contribution in [1.29, 1.82) is 0 Å². The van der Waals surface area contributed by atoms with Crippen LogP contribution in [0, 0.1) is 11.6 Å². The summed E-state index contributed by atoms with van der Waals surface area (Å²) in [4.78, 5) is 0. The molecule has 0 heterocycles. The highest BCUT2D eigenvalue weighted by molar-refractivity contribution is 7.91. The first-order valence-electron chi connectivity index (χ1n) is 14.4. The van der Waals surface area contributed by atoms with Crippen molar-refractivity contribution in [2.75, 3.05) is 24.6 Å². The van der Waals surface area contributed by atoms with E-state index in [9.17, 15) is 35.5 Å². The number of aromatic hydroxyl groups is 1. The van der Waals surface area contributed by atoms with Gasteiger partial charge in [0.25, 0.3) is 0 Å². The standard InChI is InChI=1S/C31H40F5NO3S/c32-29-15-12-24(22-30(29)33)26-11-7-9-23-21-25(38)13-14-27(23)28(26)10-3-1-2-4-17-37-18-5-6-19-41(39,40)20-8-16-31(34,35)36/h12-15,21-22,37-38H,1-11,16-20H2. The van der Waals surface area contributed by atoms with Crippen LogP contribution in [0.5, 0.6) is 5.75 Å². The van der Waals surface area contributed by atoms with Gasteiger partial charge in [-0.05, 0) is 123 Å². The van der Waals surface area contributed by atoms with Gasteiger partial charge in [-0.1, -0.05) is 25.0 Å². The average molecular weight is 602 g/mol. The lowest BCUT2D eigenvalue weighted by Crippen LogP contribution is -2.19. The Balaban J connectivity index is 1.41. The van der Waals surface area contributed by atoms with Crippen LogP contribution in [0.15, 0.2) is 36.4 Å². The quantitative estimate of drug-likeness (QED) is 0.151. The third-order valence-corrected chi connectivity index (χ3v) is 9.25. The van der Waals surface area contributed by atoms with Crippen molar-refractivity contribution in [2.45, 2.75) is 83.2 Å². The second kappa shape index (κ2) is 15.7. The minimum absolute atomic E-state index is 0.0856. The van der Waals surface area contributed by atoms with Crippen LogP contribution in [0.4, 0.5) is 22.0 Å². The number of benzene rings is 2. The van der Waals surface area contributed by atoms with E-state index in [1.54, 1.807) is 18.2 Å². The number of sulfone groups is 1. The number of hydrogen-bond acceptors (Lipinski definition) is 4. The summed E-state index contributed by atoms with van der Waals surface area (Å²) in [5.41, 5.74) is 4.96. The number of fused-ring (bicyclic) bond motifs is 1. The maximum atomic E-state index is 14.1. The van der Waals surface area contributed by atoms with E-state index in [1.165, 1.54) is 12.1 Å². The SMILES string of the molecule is O=S(=O)(CCCCNCCCCCCC1=C(c2ccc(F)c(F)c2)CCCc2cc(O)ccc21)CCCC(F)(F)F. The highest BCUT2D eigenvalue weighted by Gasteiger charge is 2.27. The second-order valence-corrected chi connectivity index (χ2v) is 13.1. The molecule has 0 unspecified atom stereocenters. The van der Waals surface area contributed by atoms with Crippen molar-refractivity contribution in [3.8, 4) is 5.75 Å². The minimum Gasteiger partial charge on any atom is -0.508 e. The van der Waals surface area contributed by atoms with Gasteiger partial charge in [-0.2, -0.15) is 13.2 Å². The van der Waals surface area contributed by atoms with Crippen molar-refractivity contribution in [2.24, 2.45) is 0 Å². The van der Waals surface area contributed by atoms with E-state index in [1.807, 2.05) is 6.07 Å². The molecule has 41 heavy (non-hydrogen) atoms. The monoisotopic (exact) mass is 601 g/mol. The van der Waals surface area contributed by atoms with Gasteiger partial charge >= 0.3 is 6.18 Å². The molecule has 0 saturated carbocycles. The zero-order chi connectivity index (χ0) is 29.9. The summed E-state index contributed by atoms with van der Waals surface area (Å²) in [7, 11) is -3.45. The number of rotatable bonds is 16. The molecular weight excluding hydrogens is 561 g/mol. The smallest absolute Gasteiger partial charge is 0.389 e. The molecule has 4 nitrogen and oxygen atoms in total. The molecule has 1 aliphatic rings. The molecule has 3 rings (SSSR count). The maximum Gasteiger partial charge on any atom is 0.389 e. The van der Waals surface area contributed by atoms with Gasteiger partial charge in [0, 0.05) is 6.42 Å². The summed E-state index contributed by atoms with van der Waals surface area (Å²) in [6.07, 6.45) is 2.34. The predicted molar refractivity (Wildman–Crippen MR) is 153 cm³/mol. The molecule has 0 aromatic heterocycles. The second-order valence-electron chi connectivity index (χ2n) is 10.8. The lowest BCUT2D eigenvalue weighted by atomic mass is 9.89. The van der Waals surface area contributed by atoms with Crippen LogP contribution in [0.2, 0.25) is 0 Å². The van der Waals surface area contributed by atoms with Gasteiger partial charge in [0.1, 0.15) is 15.6 Å². The number of allylic oxidation sites excluding steroid dienone is 2. The molecule has 1 aliphatic carbocycles. The van der Waals surface area contributed by atoms with E-state index < -0.39 is 39.8 Å². The van der Waals surface area contributed by atoms with Gasteiger partial charge in [0.2, 0.25) is 0 Å². The van der Waals surface area contributed by atoms with Gasteiger partial charge in [-0.15, -0.1) is 0 Å². The first kappa shape index (κ1) is 33.0. The molecule has 0 atom stereocenters. The van der Waals surface area contributed by atoms with E-state index in [2.05, 4.69) is 5.32 Å². The number of nitrogens with one attached hydrogen (secondary N) is 1. The topological polar surface area (TPSA) is 66.4 Å². The molecule has 0 bridgehead atoms. The number of phenolic OH excluding ortho intramolecular Hbond substituents is 1. The molecular formula is C31H40F5NO3S. The zero-order valence-electron chi connectivity index (χ0n) is 23.3. The van der Waals surface area contributed by atoms with Crippen LogP contribution in [0.25, 0.3) is 11.1 Å². The first-order chi connectivity index (χ1) is 19.5. The number of phenols is 1. The van der Waals surface area contributed by atoms with E-state index in [0.29, 0.717) is 24.9 Å². The number of aryl methyl sites for hydroxylation is 1. The normalized spacial score (nSPS) is 14.3. The average Bonchev–Trinajstić information content (AvgIpc) is 3.06. The van der Waals surface area contributed by atoms with E-state index in [4.69, 9.17) is 0 Å². The Hall–Kier alpha value is -2.46. The van der Waals surface area contributed by atoms with Crippen LogP contribution in [0.3, 0.4) is 0 Å². The molecule has 2 aromatic rings. The Morgan fingerprint density at radius 1 is 0.805 bits per heavy atom. The van der Waals surface area contributed by atoms with Gasteiger partial charge in [0.15, 0.2) is 11.6 Å². The summed E-state index contributed by atoms with van der Waals surface area (Å²) in [5.74, 6) is -2.02. The van der Waals surface area contributed by atoms with Gasteiger partial charge in [-0.25, -0.2) is 17.2 Å². The summed E-state index contributed by atoms with van der Waals surface area (Å²) < 4.78 is 88.0. The molecule has 2 aromatic carbocycles. The number of hydrogen-bond donors (Lipinski definition) is 2. The van der Waals surface area contributed by atoms with Crippen LogP contribution in [-0.4, -0.2) is 44.3 Å². The van der Waals surface area contributed by atoms with Gasteiger partial charge in [0.05, 0.1) is 11.5 Å². The number of unbranched alkanes of at least 4 members (excludes halogenated alkanes) is 4. The van der Waals surface area contributed by atoms with Crippen molar-refractivity contribution >= 4 is 21.0 Å². The molecule has 0 fully saturated rings. The Bertz CT molecular complexity index is 1270. The highest BCUT2D eigenvalue weighted by atomic mass is 32.2. The van der Waals surface area contributed by atoms with E-state index >= 15 is 0 Å². The Morgan fingerprint density at radius 3 is 2.24 bits per heavy atom. The number of halogens is 5. The lowest BCUT2D eigenvalue weighted by molar-refractivity contribution is -0.134.